The molecule has 8 heteroatoms. The molecule has 1 aliphatic rings. The van der Waals surface area contributed by atoms with Gasteiger partial charge in [-0.2, -0.15) is 0 Å². The summed E-state index contributed by atoms with van der Waals surface area (Å²) >= 11 is 0. The zero-order valence-corrected chi connectivity index (χ0v) is 15.1. The molecule has 8 nitrogen and oxygen atoms in total. The van der Waals surface area contributed by atoms with E-state index in [4.69, 9.17) is 4.52 Å². The van der Waals surface area contributed by atoms with Crippen LogP contribution in [0.5, 0.6) is 0 Å². The Morgan fingerprint density at radius 2 is 2.28 bits per heavy atom. The number of hydrogen-bond donors (Lipinski definition) is 1. The van der Waals surface area contributed by atoms with Gasteiger partial charge in [0, 0.05) is 50.7 Å². The van der Waals surface area contributed by atoms with E-state index in [2.05, 4.69) is 43.7 Å². The number of nitrogens with zero attached hydrogens (tertiary/aromatic N) is 5. The Bertz CT molecular complexity index is 710. The summed E-state index contributed by atoms with van der Waals surface area (Å²) in [5.41, 5.74) is 0.753. The monoisotopic (exact) mass is 346 g/mol. The number of piperazine rings is 1. The van der Waals surface area contributed by atoms with E-state index in [1.165, 1.54) is 0 Å². The Balaban J connectivity index is 1.48. The zero-order chi connectivity index (χ0) is 17.8. The van der Waals surface area contributed by atoms with Gasteiger partial charge < -0.3 is 9.09 Å². The second-order valence-corrected chi connectivity index (χ2v) is 6.56. The van der Waals surface area contributed by atoms with Crippen LogP contribution < -0.4 is 5.32 Å². The smallest absolute Gasteiger partial charge is 0.240 e. The molecular weight excluding hydrogens is 320 g/mol. The Morgan fingerprint density at radius 1 is 1.44 bits per heavy atom. The first-order chi connectivity index (χ1) is 12.0. The van der Waals surface area contributed by atoms with E-state index in [0.717, 1.165) is 44.2 Å². The molecule has 0 unspecified atom stereocenters. The van der Waals surface area contributed by atoms with Gasteiger partial charge in [0.1, 0.15) is 5.82 Å². The third-order valence-corrected chi connectivity index (χ3v) is 4.59. The predicted molar refractivity (Wildman–Crippen MR) is 94.1 cm³/mol. The van der Waals surface area contributed by atoms with Crippen molar-refractivity contribution in [2.45, 2.75) is 39.9 Å². The minimum absolute atomic E-state index is 0.0710. The van der Waals surface area contributed by atoms with Crippen molar-refractivity contribution in [3.05, 3.63) is 30.0 Å². The van der Waals surface area contributed by atoms with Gasteiger partial charge in [-0.15, -0.1) is 0 Å². The third-order valence-electron chi connectivity index (χ3n) is 4.59. The van der Waals surface area contributed by atoms with Gasteiger partial charge in [-0.1, -0.05) is 5.16 Å². The first-order valence-corrected chi connectivity index (χ1v) is 8.74. The number of anilines is 1. The van der Waals surface area contributed by atoms with E-state index < -0.39 is 0 Å². The molecule has 0 radical (unpaired) electrons. The fraction of sp³-hybridized carbons (Fsp3) is 0.588. The lowest BCUT2D eigenvalue weighted by Crippen LogP contribution is -2.53. The average Bonchev–Trinajstić information content (AvgIpc) is 3.18. The Hall–Kier alpha value is -2.19. The number of carbonyl (C=O) groups excluding carboxylic acids is 1. The van der Waals surface area contributed by atoms with Gasteiger partial charge in [0.25, 0.3) is 0 Å². The molecule has 1 atom stereocenters. The number of hydrogen-bond acceptors (Lipinski definition) is 6. The topological polar surface area (TPSA) is 79.4 Å². The number of aromatic nitrogens is 3. The number of amides is 1. The van der Waals surface area contributed by atoms with Crippen LogP contribution in [0.1, 0.15) is 25.4 Å². The number of nitrogens with one attached hydrogen (secondary N) is 1. The SMILES string of the molecule is CCn1ccnc1CN1CCN(CC(=O)Nc2cc(C)no2)C[C@H]1C. The minimum Gasteiger partial charge on any atom is -0.338 e. The van der Waals surface area contributed by atoms with Crippen molar-refractivity contribution in [1.82, 2.24) is 24.5 Å². The second-order valence-electron chi connectivity index (χ2n) is 6.56. The normalized spacial score (nSPS) is 19.2. The summed E-state index contributed by atoms with van der Waals surface area (Å²) in [6.07, 6.45) is 3.88. The van der Waals surface area contributed by atoms with Crippen LogP contribution in [0.25, 0.3) is 0 Å². The highest BCUT2D eigenvalue weighted by atomic mass is 16.5. The highest BCUT2D eigenvalue weighted by Crippen LogP contribution is 2.14. The van der Waals surface area contributed by atoms with Crippen molar-refractivity contribution in [2.24, 2.45) is 0 Å². The van der Waals surface area contributed by atoms with E-state index in [1.807, 2.05) is 19.3 Å². The third kappa shape index (κ3) is 4.46. The molecule has 1 aliphatic heterocycles. The van der Waals surface area contributed by atoms with Gasteiger partial charge in [0.15, 0.2) is 0 Å². The number of aryl methyl sites for hydroxylation is 2. The molecule has 25 heavy (non-hydrogen) atoms. The van der Waals surface area contributed by atoms with E-state index in [0.29, 0.717) is 18.5 Å². The first kappa shape index (κ1) is 17.6. The van der Waals surface area contributed by atoms with E-state index in [1.54, 1.807) is 6.07 Å². The van der Waals surface area contributed by atoms with Gasteiger partial charge in [0.2, 0.25) is 11.8 Å². The summed E-state index contributed by atoms with van der Waals surface area (Å²) in [4.78, 5) is 21.2. The lowest BCUT2D eigenvalue weighted by atomic mass is 10.2. The van der Waals surface area contributed by atoms with Gasteiger partial charge in [-0.3, -0.25) is 19.9 Å². The molecule has 0 saturated carbocycles. The largest absolute Gasteiger partial charge is 0.338 e. The minimum atomic E-state index is -0.0710. The van der Waals surface area contributed by atoms with Crippen LogP contribution in [0.15, 0.2) is 23.0 Å². The van der Waals surface area contributed by atoms with E-state index in [-0.39, 0.29) is 5.91 Å². The molecule has 2 aromatic heterocycles. The molecule has 1 fully saturated rings. The van der Waals surface area contributed by atoms with E-state index >= 15 is 0 Å². The summed E-state index contributed by atoms with van der Waals surface area (Å²) < 4.78 is 7.20. The molecule has 3 heterocycles. The molecule has 3 rings (SSSR count). The van der Waals surface area contributed by atoms with Gasteiger partial charge in [-0.25, -0.2) is 4.98 Å². The summed E-state index contributed by atoms with van der Waals surface area (Å²) in [7, 11) is 0. The molecule has 0 bridgehead atoms. The Kier molecular flexibility index (Phi) is 5.50. The zero-order valence-electron chi connectivity index (χ0n) is 15.1. The van der Waals surface area contributed by atoms with Crippen LogP contribution in [0.3, 0.4) is 0 Å². The first-order valence-electron chi connectivity index (χ1n) is 8.74. The highest BCUT2D eigenvalue weighted by Gasteiger charge is 2.26. The molecule has 1 saturated heterocycles. The van der Waals surface area contributed by atoms with Gasteiger partial charge in [-0.05, 0) is 20.8 Å². The quantitative estimate of drug-likeness (QED) is 0.850. The molecule has 0 aliphatic carbocycles. The Labute approximate surface area is 147 Å². The molecular formula is C17H26N6O2. The maximum atomic E-state index is 12.2. The van der Waals surface area contributed by atoms with Crippen LogP contribution in [-0.4, -0.2) is 62.6 Å². The van der Waals surface area contributed by atoms with Crippen LogP contribution in [0.4, 0.5) is 5.88 Å². The lowest BCUT2D eigenvalue weighted by Gasteiger charge is -2.39. The summed E-state index contributed by atoms with van der Waals surface area (Å²) in [5, 5.41) is 6.52. The second kappa shape index (κ2) is 7.79. The molecule has 0 aromatic carbocycles. The van der Waals surface area contributed by atoms with Gasteiger partial charge in [0.05, 0.1) is 18.8 Å². The Morgan fingerprint density at radius 3 is 2.96 bits per heavy atom. The maximum Gasteiger partial charge on any atom is 0.240 e. The summed E-state index contributed by atoms with van der Waals surface area (Å²) in [6, 6.07) is 2.09. The van der Waals surface area contributed by atoms with Crippen molar-refractivity contribution in [3.63, 3.8) is 0 Å². The fourth-order valence-electron chi connectivity index (χ4n) is 3.21. The molecule has 136 valence electrons. The van der Waals surface area contributed by atoms with Crippen molar-refractivity contribution in [1.29, 1.82) is 0 Å². The summed E-state index contributed by atoms with van der Waals surface area (Å²) in [5.74, 6) is 1.43. The van der Waals surface area contributed by atoms with Crippen LogP contribution in [0.2, 0.25) is 0 Å². The lowest BCUT2D eigenvalue weighted by molar-refractivity contribution is -0.118. The number of rotatable bonds is 6. The maximum absolute atomic E-state index is 12.2. The van der Waals surface area contributed by atoms with E-state index in [9.17, 15) is 4.79 Å². The van der Waals surface area contributed by atoms with Gasteiger partial charge >= 0.3 is 0 Å². The van der Waals surface area contributed by atoms with Crippen LogP contribution in [0, 0.1) is 6.92 Å². The highest BCUT2D eigenvalue weighted by molar-refractivity contribution is 5.90. The average molecular weight is 346 g/mol. The number of carbonyl (C=O) groups is 1. The van der Waals surface area contributed by atoms with Crippen LogP contribution >= 0.6 is 0 Å². The number of imidazole rings is 1. The fourth-order valence-corrected chi connectivity index (χ4v) is 3.21. The molecule has 1 N–H and O–H groups in total. The van der Waals surface area contributed by atoms with Crippen molar-refractivity contribution < 1.29 is 9.32 Å². The summed E-state index contributed by atoms with van der Waals surface area (Å²) in [6.45, 7) is 10.9. The predicted octanol–water partition coefficient (Wildman–Crippen LogP) is 1.34. The standard InChI is InChI=1S/C17H26N6O2/c1-4-22-6-5-18-15(22)11-23-8-7-21(10-14(23)3)12-16(24)19-17-9-13(2)20-25-17/h5-6,9,14H,4,7-8,10-12H2,1-3H3,(H,19,24)/t14-/m1/s1. The molecule has 1 amide bonds. The molecule has 0 spiro atoms. The van der Waals surface area contributed by atoms with Crippen molar-refractivity contribution >= 4 is 11.8 Å². The molecule has 2 aromatic rings. The van der Waals surface area contributed by atoms with Crippen molar-refractivity contribution in [2.75, 3.05) is 31.5 Å². The van der Waals surface area contributed by atoms with Crippen molar-refractivity contribution in [3.8, 4) is 0 Å². The van der Waals surface area contributed by atoms with Crippen LogP contribution in [-0.2, 0) is 17.9 Å².